The van der Waals surface area contributed by atoms with Crippen molar-refractivity contribution in [2.75, 3.05) is 5.75 Å². The highest BCUT2D eigenvalue weighted by Gasteiger charge is 2.05. The number of carbonyl (C=O) groups excluding carboxylic acids is 1. The fourth-order valence-corrected chi connectivity index (χ4v) is 3.00. The highest BCUT2D eigenvalue weighted by molar-refractivity contribution is 7.99. The number of nitrogens with zero attached hydrogens (tertiary/aromatic N) is 4. The Hall–Kier alpha value is -2.19. The lowest BCUT2D eigenvalue weighted by Crippen LogP contribution is -2.24. The minimum Gasteiger partial charge on any atom is -0.350 e. The second-order valence-electron chi connectivity index (χ2n) is 4.34. The molecule has 22 heavy (non-hydrogen) atoms. The van der Waals surface area contributed by atoms with E-state index in [2.05, 4.69) is 20.5 Å². The molecule has 0 aliphatic carbocycles. The van der Waals surface area contributed by atoms with Gasteiger partial charge in [-0.25, -0.2) is 4.98 Å². The number of hydrogen-bond donors (Lipinski definition) is 1. The maximum atomic E-state index is 11.8. The summed E-state index contributed by atoms with van der Waals surface area (Å²) < 4.78 is 1.77. The third-order valence-electron chi connectivity index (χ3n) is 2.79. The molecule has 0 aromatic carbocycles. The molecule has 0 atom stereocenters. The number of aromatic nitrogens is 4. The molecule has 6 nitrogen and oxygen atoms in total. The van der Waals surface area contributed by atoms with E-state index in [1.165, 1.54) is 11.8 Å². The van der Waals surface area contributed by atoms with Crippen molar-refractivity contribution < 1.29 is 4.79 Å². The molecule has 3 aromatic rings. The third-order valence-corrected chi connectivity index (χ3v) is 4.58. The Morgan fingerprint density at radius 3 is 2.95 bits per heavy atom. The number of rotatable bonds is 6. The van der Waals surface area contributed by atoms with E-state index in [1.807, 2.05) is 29.6 Å². The summed E-state index contributed by atoms with van der Waals surface area (Å²) in [6.07, 6.45) is 5.14. The van der Waals surface area contributed by atoms with Gasteiger partial charge in [0, 0.05) is 17.3 Å². The molecule has 1 amide bonds. The summed E-state index contributed by atoms with van der Waals surface area (Å²) in [6.45, 7) is 0.572. The van der Waals surface area contributed by atoms with Crippen LogP contribution in [-0.2, 0) is 11.3 Å². The van der Waals surface area contributed by atoms with Crippen LogP contribution in [0.25, 0.3) is 5.82 Å². The van der Waals surface area contributed by atoms with Gasteiger partial charge in [0.25, 0.3) is 0 Å². The summed E-state index contributed by atoms with van der Waals surface area (Å²) in [5.74, 6) is 1.01. The van der Waals surface area contributed by atoms with Crippen LogP contribution in [0, 0.1) is 0 Å². The van der Waals surface area contributed by atoms with Crippen molar-refractivity contribution in [2.24, 2.45) is 0 Å². The summed E-state index contributed by atoms with van der Waals surface area (Å²) in [5.41, 5.74) is 0. The number of nitrogens with one attached hydrogen (secondary N) is 1. The summed E-state index contributed by atoms with van der Waals surface area (Å²) in [5, 5.41) is 13.8. The zero-order valence-corrected chi connectivity index (χ0v) is 13.2. The van der Waals surface area contributed by atoms with Crippen molar-refractivity contribution in [2.45, 2.75) is 11.6 Å². The van der Waals surface area contributed by atoms with Gasteiger partial charge >= 0.3 is 0 Å². The molecule has 3 rings (SSSR count). The number of imidazole rings is 1. The maximum Gasteiger partial charge on any atom is 0.230 e. The fraction of sp³-hybridized carbons (Fsp3) is 0.143. The predicted molar refractivity (Wildman–Crippen MR) is 86.0 cm³/mol. The molecule has 0 saturated carbocycles. The number of thiophene rings is 1. The molecular weight excluding hydrogens is 318 g/mol. The zero-order chi connectivity index (χ0) is 15.2. The molecule has 0 aliphatic heterocycles. The lowest BCUT2D eigenvalue weighted by molar-refractivity contribution is -0.118. The minimum atomic E-state index is -0.0149. The average Bonchev–Trinajstić information content (AvgIpc) is 3.24. The normalized spacial score (nSPS) is 10.5. The van der Waals surface area contributed by atoms with Crippen molar-refractivity contribution >= 4 is 29.0 Å². The first-order chi connectivity index (χ1) is 10.8. The van der Waals surface area contributed by atoms with Gasteiger partial charge in [0.1, 0.15) is 11.4 Å². The van der Waals surface area contributed by atoms with Crippen LogP contribution in [0.2, 0.25) is 0 Å². The van der Waals surface area contributed by atoms with E-state index < -0.39 is 0 Å². The maximum absolute atomic E-state index is 11.8. The average molecular weight is 331 g/mol. The highest BCUT2D eigenvalue weighted by atomic mass is 32.2. The smallest absolute Gasteiger partial charge is 0.230 e. The molecule has 0 spiro atoms. The van der Waals surface area contributed by atoms with Gasteiger partial charge in [0.05, 0.1) is 12.3 Å². The van der Waals surface area contributed by atoms with Crippen molar-refractivity contribution in [3.8, 4) is 5.82 Å². The summed E-state index contributed by atoms with van der Waals surface area (Å²) in [4.78, 5) is 16.9. The summed E-state index contributed by atoms with van der Waals surface area (Å²) >= 11 is 2.99. The number of amides is 1. The quantitative estimate of drug-likeness (QED) is 0.701. The van der Waals surface area contributed by atoms with Gasteiger partial charge < -0.3 is 5.32 Å². The van der Waals surface area contributed by atoms with Crippen LogP contribution in [0.3, 0.4) is 0 Å². The van der Waals surface area contributed by atoms with E-state index in [0.717, 1.165) is 9.90 Å². The van der Waals surface area contributed by atoms with Gasteiger partial charge in [-0.05, 0) is 23.6 Å². The number of thioether (sulfide) groups is 1. The molecule has 112 valence electrons. The largest absolute Gasteiger partial charge is 0.350 e. The molecule has 0 unspecified atom stereocenters. The van der Waals surface area contributed by atoms with Crippen molar-refractivity contribution in [3.05, 3.63) is 53.2 Å². The van der Waals surface area contributed by atoms with Crippen LogP contribution < -0.4 is 5.32 Å². The SMILES string of the molecule is O=C(CSc1ccc(-n2ccnc2)nn1)NCc1cccs1. The molecule has 0 fully saturated rings. The summed E-state index contributed by atoms with van der Waals surface area (Å²) in [6, 6.07) is 7.66. The van der Waals surface area contributed by atoms with Crippen molar-refractivity contribution in [1.29, 1.82) is 0 Å². The minimum absolute atomic E-state index is 0.0149. The van der Waals surface area contributed by atoms with E-state index in [9.17, 15) is 4.79 Å². The lowest BCUT2D eigenvalue weighted by atomic mass is 10.4. The van der Waals surface area contributed by atoms with Gasteiger partial charge in [-0.1, -0.05) is 17.8 Å². The van der Waals surface area contributed by atoms with Gasteiger partial charge in [-0.2, -0.15) is 0 Å². The van der Waals surface area contributed by atoms with Gasteiger partial charge in [-0.3, -0.25) is 9.36 Å². The second kappa shape index (κ2) is 7.19. The second-order valence-corrected chi connectivity index (χ2v) is 6.37. The van der Waals surface area contributed by atoms with E-state index in [-0.39, 0.29) is 5.91 Å². The van der Waals surface area contributed by atoms with E-state index in [1.54, 1.807) is 34.6 Å². The Bertz CT molecular complexity index is 710. The Morgan fingerprint density at radius 2 is 2.27 bits per heavy atom. The van der Waals surface area contributed by atoms with Crippen LogP contribution in [0.1, 0.15) is 4.88 Å². The zero-order valence-electron chi connectivity index (χ0n) is 11.5. The van der Waals surface area contributed by atoms with Gasteiger partial charge in [0.15, 0.2) is 5.82 Å². The molecule has 0 saturated heterocycles. The standard InChI is InChI=1S/C14H13N5OS2/c20-13(16-8-11-2-1-7-21-11)9-22-14-4-3-12(17-18-14)19-6-5-15-10-19/h1-7,10H,8-9H2,(H,16,20). The molecule has 8 heteroatoms. The van der Waals surface area contributed by atoms with E-state index in [0.29, 0.717) is 18.1 Å². The van der Waals surface area contributed by atoms with Gasteiger partial charge in [-0.15, -0.1) is 21.5 Å². The lowest BCUT2D eigenvalue weighted by Gasteiger charge is -2.04. The third kappa shape index (κ3) is 3.92. The highest BCUT2D eigenvalue weighted by Crippen LogP contribution is 2.15. The Morgan fingerprint density at radius 1 is 1.32 bits per heavy atom. The van der Waals surface area contributed by atoms with Crippen LogP contribution >= 0.6 is 23.1 Å². The Kier molecular flexibility index (Phi) is 4.81. The first-order valence-corrected chi connectivity index (χ1v) is 8.42. The topological polar surface area (TPSA) is 72.7 Å². The van der Waals surface area contributed by atoms with E-state index >= 15 is 0 Å². The predicted octanol–water partition coefficient (Wildman–Crippen LogP) is 2.13. The molecule has 0 bridgehead atoms. The molecular formula is C14H13N5OS2. The first-order valence-electron chi connectivity index (χ1n) is 6.55. The molecule has 0 aliphatic rings. The summed E-state index contributed by atoms with van der Waals surface area (Å²) in [7, 11) is 0. The number of carbonyl (C=O) groups is 1. The first kappa shape index (κ1) is 14.7. The molecule has 3 heterocycles. The van der Waals surface area contributed by atoms with E-state index in [4.69, 9.17) is 0 Å². The Labute approximate surface area is 135 Å². The molecule has 1 N–H and O–H groups in total. The van der Waals surface area contributed by atoms with Gasteiger partial charge in [0.2, 0.25) is 5.91 Å². The van der Waals surface area contributed by atoms with Crippen molar-refractivity contribution in [3.63, 3.8) is 0 Å². The Balaban J connectivity index is 1.48. The number of hydrogen-bond acceptors (Lipinski definition) is 6. The van der Waals surface area contributed by atoms with Crippen LogP contribution in [-0.4, -0.2) is 31.4 Å². The molecule has 3 aromatic heterocycles. The molecule has 0 radical (unpaired) electrons. The monoisotopic (exact) mass is 331 g/mol. The van der Waals surface area contributed by atoms with Crippen LogP contribution in [0.4, 0.5) is 0 Å². The van der Waals surface area contributed by atoms with Crippen LogP contribution in [0.15, 0.2) is 53.4 Å². The van der Waals surface area contributed by atoms with Crippen molar-refractivity contribution in [1.82, 2.24) is 25.1 Å². The fourth-order valence-electron chi connectivity index (χ4n) is 1.71. The van der Waals surface area contributed by atoms with Crippen LogP contribution in [0.5, 0.6) is 0 Å².